The molecule has 7 nitrogen and oxygen atoms in total. The van der Waals surface area contributed by atoms with Crippen molar-refractivity contribution in [3.05, 3.63) is 83.6 Å². The SMILES string of the molecule is CC1(C)CC(=O)C2=C(C1)Oc1ncn3nc(-c4ccccc4)nc3c1C2c1cccnc1. The lowest BCUT2D eigenvalue weighted by molar-refractivity contribution is -0.118. The highest BCUT2D eigenvalue weighted by molar-refractivity contribution is 6.00. The van der Waals surface area contributed by atoms with Crippen molar-refractivity contribution in [3.63, 3.8) is 0 Å². The molecule has 7 heteroatoms. The van der Waals surface area contributed by atoms with Crippen molar-refractivity contribution in [2.24, 2.45) is 5.41 Å². The van der Waals surface area contributed by atoms with E-state index in [1.807, 2.05) is 42.5 Å². The number of nitrogens with zero attached hydrogens (tertiary/aromatic N) is 5. The highest BCUT2D eigenvalue weighted by atomic mass is 16.5. The van der Waals surface area contributed by atoms with Gasteiger partial charge in [-0.25, -0.2) is 14.5 Å². The zero-order valence-electron chi connectivity index (χ0n) is 17.8. The van der Waals surface area contributed by atoms with Crippen LogP contribution in [-0.4, -0.2) is 30.3 Å². The fourth-order valence-corrected chi connectivity index (χ4v) is 4.74. The van der Waals surface area contributed by atoms with Crippen molar-refractivity contribution in [2.45, 2.75) is 32.6 Å². The molecule has 0 fully saturated rings. The lowest BCUT2D eigenvalue weighted by Crippen LogP contribution is -2.33. The van der Waals surface area contributed by atoms with E-state index in [2.05, 4.69) is 28.9 Å². The van der Waals surface area contributed by atoms with Crippen LogP contribution in [0.4, 0.5) is 0 Å². The number of aromatic nitrogens is 5. The van der Waals surface area contributed by atoms with E-state index >= 15 is 0 Å². The summed E-state index contributed by atoms with van der Waals surface area (Å²) in [5.41, 5.74) is 3.73. The first-order valence-electron chi connectivity index (χ1n) is 10.6. The van der Waals surface area contributed by atoms with Crippen LogP contribution in [0.3, 0.4) is 0 Å². The third-order valence-corrected chi connectivity index (χ3v) is 6.11. The number of carbonyl (C=O) groups excluding carboxylic acids is 1. The van der Waals surface area contributed by atoms with Gasteiger partial charge in [-0.3, -0.25) is 9.78 Å². The molecule has 0 N–H and O–H groups in total. The largest absolute Gasteiger partial charge is 0.442 e. The molecule has 0 radical (unpaired) electrons. The Hall–Kier alpha value is -3.87. The Labute approximate surface area is 184 Å². The topological polar surface area (TPSA) is 82.3 Å². The van der Waals surface area contributed by atoms with Crippen molar-refractivity contribution in [2.75, 3.05) is 0 Å². The number of benzene rings is 1. The molecule has 0 bridgehead atoms. The molecule has 0 spiro atoms. The Balaban J connectivity index is 1.61. The van der Waals surface area contributed by atoms with Crippen molar-refractivity contribution in [1.82, 2.24) is 24.6 Å². The van der Waals surface area contributed by atoms with Crippen LogP contribution in [0.1, 0.15) is 43.7 Å². The molecule has 3 aromatic heterocycles. The lowest BCUT2D eigenvalue weighted by atomic mass is 9.70. The van der Waals surface area contributed by atoms with Gasteiger partial charge in [0.2, 0.25) is 5.88 Å². The Morgan fingerprint density at radius 3 is 2.72 bits per heavy atom. The summed E-state index contributed by atoms with van der Waals surface area (Å²) in [6.45, 7) is 4.18. The number of ether oxygens (including phenoxy) is 1. The van der Waals surface area contributed by atoms with Crippen LogP contribution in [-0.2, 0) is 4.79 Å². The number of carbonyl (C=O) groups is 1. The first-order chi connectivity index (χ1) is 15.5. The summed E-state index contributed by atoms with van der Waals surface area (Å²) >= 11 is 0. The summed E-state index contributed by atoms with van der Waals surface area (Å²) in [5, 5.41) is 4.64. The van der Waals surface area contributed by atoms with Gasteiger partial charge in [0, 0.05) is 36.4 Å². The minimum Gasteiger partial charge on any atom is -0.442 e. The van der Waals surface area contributed by atoms with E-state index in [9.17, 15) is 4.79 Å². The molecule has 1 unspecified atom stereocenters. The van der Waals surface area contributed by atoms with E-state index in [0.717, 1.165) is 16.7 Å². The highest BCUT2D eigenvalue weighted by Gasteiger charge is 2.44. The molecule has 0 amide bonds. The third-order valence-electron chi connectivity index (χ3n) is 6.11. The molecule has 1 aliphatic carbocycles. The maximum atomic E-state index is 13.4. The van der Waals surface area contributed by atoms with E-state index < -0.39 is 0 Å². The van der Waals surface area contributed by atoms with Crippen LogP contribution in [0.5, 0.6) is 5.88 Å². The predicted octanol–water partition coefficient (Wildman–Crippen LogP) is 4.35. The normalized spacial score (nSPS) is 19.4. The van der Waals surface area contributed by atoms with Gasteiger partial charge in [-0.15, -0.1) is 5.10 Å². The zero-order valence-corrected chi connectivity index (χ0v) is 17.8. The molecule has 1 aliphatic heterocycles. The molecular formula is C25H21N5O2. The van der Waals surface area contributed by atoms with Crippen molar-refractivity contribution in [3.8, 4) is 17.3 Å². The first kappa shape index (κ1) is 18.9. The van der Waals surface area contributed by atoms with Crippen LogP contribution in [0.2, 0.25) is 0 Å². The molecule has 4 aromatic rings. The zero-order chi connectivity index (χ0) is 21.9. The summed E-state index contributed by atoms with van der Waals surface area (Å²) in [6, 6.07) is 13.7. The van der Waals surface area contributed by atoms with Crippen molar-refractivity contribution < 1.29 is 9.53 Å². The fourth-order valence-electron chi connectivity index (χ4n) is 4.74. The molecule has 1 atom stereocenters. The van der Waals surface area contributed by atoms with Crippen LogP contribution >= 0.6 is 0 Å². The average Bonchev–Trinajstić information content (AvgIpc) is 3.23. The monoisotopic (exact) mass is 423 g/mol. The molecule has 0 saturated heterocycles. The number of pyridine rings is 1. The summed E-state index contributed by atoms with van der Waals surface area (Å²) in [4.78, 5) is 27.1. The second kappa shape index (κ2) is 6.82. The fraction of sp³-hybridized carbons (Fsp3) is 0.240. The smallest absolute Gasteiger partial charge is 0.228 e. The van der Waals surface area contributed by atoms with Crippen LogP contribution < -0.4 is 4.74 Å². The van der Waals surface area contributed by atoms with Crippen LogP contribution in [0.25, 0.3) is 17.0 Å². The van der Waals surface area contributed by atoms with Gasteiger partial charge in [-0.2, -0.15) is 0 Å². The van der Waals surface area contributed by atoms with Gasteiger partial charge in [0.15, 0.2) is 17.3 Å². The van der Waals surface area contributed by atoms with Gasteiger partial charge in [0.05, 0.1) is 11.5 Å². The summed E-state index contributed by atoms with van der Waals surface area (Å²) in [7, 11) is 0. The molecule has 158 valence electrons. The number of rotatable bonds is 2. The number of hydrogen-bond donors (Lipinski definition) is 0. The van der Waals surface area contributed by atoms with E-state index in [4.69, 9.17) is 9.72 Å². The minimum absolute atomic E-state index is 0.0977. The lowest BCUT2D eigenvalue weighted by Gasteiger charge is -2.37. The number of ketones is 1. The summed E-state index contributed by atoms with van der Waals surface area (Å²) in [6.07, 6.45) is 6.30. The van der Waals surface area contributed by atoms with E-state index in [0.29, 0.717) is 41.5 Å². The average molecular weight is 423 g/mol. The molecule has 2 aliphatic rings. The van der Waals surface area contributed by atoms with Crippen LogP contribution in [0, 0.1) is 5.41 Å². The third kappa shape index (κ3) is 2.92. The van der Waals surface area contributed by atoms with Crippen molar-refractivity contribution in [1.29, 1.82) is 0 Å². The molecule has 32 heavy (non-hydrogen) atoms. The van der Waals surface area contributed by atoms with Gasteiger partial charge in [-0.05, 0) is 17.0 Å². The number of hydrogen-bond acceptors (Lipinski definition) is 6. The summed E-state index contributed by atoms with van der Waals surface area (Å²) < 4.78 is 7.93. The minimum atomic E-state index is -0.352. The Kier molecular flexibility index (Phi) is 4.02. The van der Waals surface area contributed by atoms with Gasteiger partial charge in [0.25, 0.3) is 0 Å². The van der Waals surface area contributed by atoms with Crippen molar-refractivity contribution >= 4 is 11.4 Å². The second-order valence-corrected chi connectivity index (χ2v) is 9.13. The molecule has 6 rings (SSSR count). The molecule has 1 aromatic carbocycles. The second-order valence-electron chi connectivity index (χ2n) is 9.13. The molecular weight excluding hydrogens is 402 g/mol. The van der Waals surface area contributed by atoms with Gasteiger partial charge < -0.3 is 4.74 Å². The highest BCUT2D eigenvalue weighted by Crippen LogP contribution is 2.50. The summed E-state index contributed by atoms with van der Waals surface area (Å²) in [5.74, 6) is 1.52. The number of allylic oxidation sites excluding steroid dienone is 2. The maximum Gasteiger partial charge on any atom is 0.228 e. The standard InChI is InChI=1S/C25H21N5O2/c1-25(2)11-17(31)20-18(12-25)32-24-21(19(20)16-9-6-10-26-13-16)23-28-22(29-30(23)14-27-24)15-7-4-3-5-8-15/h3-10,13-14,19H,11-12H2,1-2H3. The van der Waals surface area contributed by atoms with E-state index in [-0.39, 0.29) is 17.1 Å². The van der Waals surface area contributed by atoms with E-state index in [1.165, 1.54) is 0 Å². The van der Waals surface area contributed by atoms with E-state index in [1.54, 1.807) is 23.2 Å². The van der Waals surface area contributed by atoms with Crippen LogP contribution in [0.15, 0.2) is 72.5 Å². The quantitative estimate of drug-likeness (QED) is 0.477. The van der Waals surface area contributed by atoms with Gasteiger partial charge in [-0.1, -0.05) is 50.2 Å². The Bertz CT molecular complexity index is 1390. The molecule has 0 saturated carbocycles. The van der Waals surface area contributed by atoms with Gasteiger partial charge in [0.1, 0.15) is 12.1 Å². The maximum absolute atomic E-state index is 13.4. The number of fused-ring (bicyclic) bond motifs is 3. The molecule has 4 heterocycles. The Morgan fingerprint density at radius 1 is 1.09 bits per heavy atom. The first-order valence-corrected chi connectivity index (χ1v) is 10.6. The number of Topliss-reactive ketones (excluding diaryl/α,β-unsaturated/α-hetero) is 1. The predicted molar refractivity (Wildman–Crippen MR) is 118 cm³/mol. The van der Waals surface area contributed by atoms with Gasteiger partial charge >= 0.3 is 0 Å². The Morgan fingerprint density at radius 2 is 1.94 bits per heavy atom.